The maximum atomic E-state index is 5.89. The predicted molar refractivity (Wildman–Crippen MR) is 63.8 cm³/mol. The predicted octanol–water partition coefficient (Wildman–Crippen LogP) is 1.33. The highest BCUT2D eigenvalue weighted by molar-refractivity contribution is 4.95. The third kappa shape index (κ3) is 2.71. The Morgan fingerprint density at radius 2 is 2.13 bits per heavy atom. The molecule has 1 aliphatic carbocycles. The molecule has 0 aromatic heterocycles. The summed E-state index contributed by atoms with van der Waals surface area (Å²) in [7, 11) is 3.92. The number of methoxy groups -OCH3 is 1. The van der Waals surface area contributed by atoms with Gasteiger partial charge in [0.05, 0.1) is 11.6 Å². The Morgan fingerprint density at radius 1 is 1.60 bits per heavy atom. The van der Waals surface area contributed by atoms with E-state index >= 15 is 0 Å². The fourth-order valence-electron chi connectivity index (χ4n) is 2.10. The van der Waals surface area contributed by atoms with Crippen molar-refractivity contribution in [2.45, 2.75) is 38.8 Å². The zero-order valence-corrected chi connectivity index (χ0v) is 10.8. The van der Waals surface area contributed by atoms with Crippen molar-refractivity contribution >= 4 is 0 Å². The van der Waals surface area contributed by atoms with Gasteiger partial charge in [-0.3, -0.25) is 4.90 Å². The summed E-state index contributed by atoms with van der Waals surface area (Å²) in [5.41, 5.74) is 5.85. The first-order valence-electron chi connectivity index (χ1n) is 5.89. The van der Waals surface area contributed by atoms with Crippen molar-refractivity contribution in [2.24, 2.45) is 17.6 Å². The maximum Gasteiger partial charge on any atom is 0.0736 e. The van der Waals surface area contributed by atoms with Crippen LogP contribution in [0.15, 0.2) is 0 Å². The zero-order chi connectivity index (χ0) is 11.6. The quantitative estimate of drug-likeness (QED) is 0.725. The molecule has 1 rings (SSSR count). The average Bonchev–Trinajstić information content (AvgIpc) is 2.91. The molecule has 1 aliphatic rings. The number of nitrogens with two attached hydrogens (primary N) is 1. The first-order valence-corrected chi connectivity index (χ1v) is 5.89. The number of likely N-dealkylation sites (N-methyl/N-ethyl adjacent to an activating group) is 1. The van der Waals surface area contributed by atoms with Gasteiger partial charge in [0, 0.05) is 20.2 Å². The molecule has 0 radical (unpaired) electrons. The molecule has 15 heavy (non-hydrogen) atoms. The number of hydrogen-bond acceptors (Lipinski definition) is 3. The Balaban J connectivity index is 2.55. The molecule has 0 aromatic rings. The van der Waals surface area contributed by atoms with E-state index in [4.69, 9.17) is 10.5 Å². The molecule has 4 atom stereocenters. The van der Waals surface area contributed by atoms with E-state index in [2.05, 4.69) is 32.7 Å². The van der Waals surface area contributed by atoms with Gasteiger partial charge in [0.1, 0.15) is 0 Å². The van der Waals surface area contributed by atoms with Gasteiger partial charge >= 0.3 is 0 Å². The summed E-state index contributed by atoms with van der Waals surface area (Å²) in [6.07, 6.45) is 1.54. The van der Waals surface area contributed by atoms with Crippen LogP contribution >= 0.6 is 0 Å². The minimum absolute atomic E-state index is 0.0446. The second-order valence-corrected chi connectivity index (χ2v) is 5.29. The van der Waals surface area contributed by atoms with Crippen LogP contribution in [0.3, 0.4) is 0 Å². The number of ether oxygens (including phenoxy) is 1. The van der Waals surface area contributed by atoms with Gasteiger partial charge in [-0.25, -0.2) is 0 Å². The second kappa shape index (κ2) is 4.81. The SMILES string of the molecule is COC(C)C(C)(CN)N(C)CC1CC1C. The minimum Gasteiger partial charge on any atom is -0.380 e. The largest absolute Gasteiger partial charge is 0.380 e. The van der Waals surface area contributed by atoms with Crippen molar-refractivity contribution in [3.63, 3.8) is 0 Å². The Hall–Kier alpha value is -0.120. The van der Waals surface area contributed by atoms with Crippen LogP contribution in [0.2, 0.25) is 0 Å². The van der Waals surface area contributed by atoms with Crippen molar-refractivity contribution in [1.29, 1.82) is 0 Å². The van der Waals surface area contributed by atoms with Crippen molar-refractivity contribution in [2.75, 3.05) is 27.2 Å². The molecule has 0 amide bonds. The fourth-order valence-corrected chi connectivity index (χ4v) is 2.10. The zero-order valence-electron chi connectivity index (χ0n) is 10.8. The summed E-state index contributed by atoms with van der Waals surface area (Å²) in [6.45, 7) is 8.38. The molecule has 90 valence electrons. The van der Waals surface area contributed by atoms with Crippen LogP contribution in [-0.2, 0) is 4.74 Å². The molecule has 0 bridgehead atoms. The lowest BCUT2D eigenvalue weighted by Gasteiger charge is -2.42. The summed E-state index contributed by atoms with van der Waals surface area (Å²) in [6, 6.07) is 0. The monoisotopic (exact) mass is 214 g/mol. The van der Waals surface area contributed by atoms with Crippen LogP contribution in [0, 0.1) is 11.8 Å². The smallest absolute Gasteiger partial charge is 0.0736 e. The highest BCUT2D eigenvalue weighted by atomic mass is 16.5. The van der Waals surface area contributed by atoms with E-state index in [1.807, 2.05) is 0 Å². The molecule has 4 unspecified atom stereocenters. The summed E-state index contributed by atoms with van der Waals surface area (Å²) in [5.74, 6) is 1.76. The standard InChI is InChI=1S/C12H26N2O/c1-9-6-11(9)7-14(4)12(3,8-13)10(2)15-5/h9-11H,6-8,13H2,1-5H3. The van der Waals surface area contributed by atoms with Crippen molar-refractivity contribution in [3.05, 3.63) is 0 Å². The normalized spacial score (nSPS) is 31.4. The lowest BCUT2D eigenvalue weighted by atomic mass is 9.93. The van der Waals surface area contributed by atoms with Crippen LogP contribution < -0.4 is 5.73 Å². The van der Waals surface area contributed by atoms with Gasteiger partial charge in [-0.05, 0) is 39.2 Å². The van der Waals surface area contributed by atoms with Crippen LogP contribution in [0.5, 0.6) is 0 Å². The molecule has 2 N–H and O–H groups in total. The minimum atomic E-state index is -0.0446. The van der Waals surface area contributed by atoms with Gasteiger partial charge in [0.15, 0.2) is 0 Å². The molecular formula is C12H26N2O. The summed E-state index contributed by atoms with van der Waals surface area (Å²) in [4.78, 5) is 2.37. The van der Waals surface area contributed by atoms with Crippen LogP contribution in [0.1, 0.15) is 27.2 Å². The Labute approximate surface area is 94.0 Å². The van der Waals surface area contributed by atoms with Crippen LogP contribution in [-0.4, -0.2) is 43.8 Å². The van der Waals surface area contributed by atoms with Crippen molar-refractivity contribution < 1.29 is 4.74 Å². The molecule has 0 heterocycles. The van der Waals surface area contributed by atoms with Crippen molar-refractivity contribution in [1.82, 2.24) is 4.90 Å². The van der Waals surface area contributed by atoms with E-state index in [9.17, 15) is 0 Å². The molecule has 3 nitrogen and oxygen atoms in total. The molecule has 0 saturated heterocycles. The number of hydrogen-bond donors (Lipinski definition) is 1. The molecule has 1 fully saturated rings. The van der Waals surface area contributed by atoms with Crippen LogP contribution in [0.4, 0.5) is 0 Å². The Kier molecular flexibility index (Phi) is 4.15. The van der Waals surface area contributed by atoms with E-state index in [-0.39, 0.29) is 11.6 Å². The van der Waals surface area contributed by atoms with E-state index in [1.165, 1.54) is 6.42 Å². The summed E-state index contributed by atoms with van der Waals surface area (Å²) in [5, 5.41) is 0. The first kappa shape index (κ1) is 12.9. The van der Waals surface area contributed by atoms with E-state index in [1.54, 1.807) is 7.11 Å². The summed E-state index contributed by atoms with van der Waals surface area (Å²) >= 11 is 0. The lowest BCUT2D eigenvalue weighted by Crippen LogP contribution is -2.57. The van der Waals surface area contributed by atoms with Crippen molar-refractivity contribution in [3.8, 4) is 0 Å². The Bertz CT molecular complexity index is 210. The summed E-state index contributed by atoms with van der Waals surface area (Å²) < 4.78 is 5.43. The van der Waals surface area contributed by atoms with Gasteiger partial charge in [0.2, 0.25) is 0 Å². The van der Waals surface area contributed by atoms with E-state index < -0.39 is 0 Å². The van der Waals surface area contributed by atoms with Gasteiger partial charge < -0.3 is 10.5 Å². The van der Waals surface area contributed by atoms with Crippen LogP contribution in [0.25, 0.3) is 0 Å². The van der Waals surface area contributed by atoms with Gasteiger partial charge in [-0.15, -0.1) is 0 Å². The van der Waals surface area contributed by atoms with Gasteiger partial charge in [-0.2, -0.15) is 0 Å². The number of rotatable bonds is 6. The second-order valence-electron chi connectivity index (χ2n) is 5.29. The third-order valence-electron chi connectivity index (χ3n) is 4.30. The average molecular weight is 214 g/mol. The molecule has 0 aromatic carbocycles. The fraction of sp³-hybridized carbons (Fsp3) is 1.00. The molecule has 1 saturated carbocycles. The van der Waals surface area contributed by atoms with E-state index in [0.29, 0.717) is 6.54 Å². The third-order valence-corrected chi connectivity index (χ3v) is 4.30. The molecular weight excluding hydrogens is 188 g/mol. The Morgan fingerprint density at radius 3 is 2.47 bits per heavy atom. The highest BCUT2D eigenvalue weighted by Crippen LogP contribution is 2.39. The molecule has 3 heteroatoms. The molecule has 0 spiro atoms. The number of nitrogens with zero attached hydrogens (tertiary/aromatic N) is 1. The lowest BCUT2D eigenvalue weighted by molar-refractivity contribution is -0.0215. The van der Waals surface area contributed by atoms with Gasteiger partial charge in [-0.1, -0.05) is 6.92 Å². The molecule has 0 aliphatic heterocycles. The highest BCUT2D eigenvalue weighted by Gasteiger charge is 2.40. The first-order chi connectivity index (χ1) is 6.95. The van der Waals surface area contributed by atoms with E-state index in [0.717, 1.165) is 18.4 Å². The topological polar surface area (TPSA) is 38.5 Å². The maximum absolute atomic E-state index is 5.89. The van der Waals surface area contributed by atoms with Gasteiger partial charge in [0.25, 0.3) is 0 Å².